The van der Waals surface area contributed by atoms with Crippen molar-refractivity contribution in [2.45, 2.75) is 19.8 Å². The van der Waals surface area contributed by atoms with Gasteiger partial charge in [0.15, 0.2) is 0 Å². The standard InChI is InChI=1S/C23H23NO3/c1-26-22-13-12-20(23(25)24-15-18-8-4-2-5-9-18)14-21(22)17-27-16-19-10-6-3-7-11-19/h2-14H,15-17H2,1H3,(H,24,25). The summed E-state index contributed by atoms with van der Waals surface area (Å²) in [4.78, 5) is 12.5. The van der Waals surface area contributed by atoms with Crippen LogP contribution in [0.2, 0.25) is 0 Å². The van der Waals surface area contributed by atoms with Gasteiger partial charge in [0.2, 0.25) is 0 Å². The van der Waals surface area contributed by atoms with Gasteiger partial charge in [0.25, 0.3) is 5.91 Å². The van der Waals surface area contributed by atoms with Gasteiger partial charge in [0, 0.05) is 17.7 Å². The molecule has 0 aliphatic carbocycles. The van der Waals surface area contributed by atoms with Crippen molar-refractivity contribution in [1.82, 2.24) is 5.32 Å². The molecule has 0 unspecified atom stereocenters. The second-order valence-corrected chi connectivity index (χ2v) is 6.17. The number of carbonyl (C=O) groups excluding carboxylic acids is 1. The molecule has 0 fully saturated rings. The first-order valence-corrected chi connectivity index (χ1v) is 8.87. The molecule has 0 bridgehead atoms. The minimum absolute atomic E-state index is 0.120. The lowest BCUT2D eigenvalue weighted by molar-refractivity contribution is 0.0948. The van der Waals surface area contributed by atoms with E-state index >= 15 is 0 Å². The Labute approximate surface area is 159 Å². The molecule has 0 aliphatic rings. The first-order valence-electron chi connectivity index (χ1n) is 8.87. The summed E-state index contributed by atoms with van der Waals surface area (Å²) >= 11 is 0. The largest absolute Gasteiger partial charge is 0.496 e. The Balaban J connectivity index is 1.62. The minimum atomic E-state index is -0.120. The topological polar surface area (TPSA) is 47.6 Å². The van der Waals surface area contributed by atoms with Crippen LogP contribution < -0.4 is 10.1 Å². The zero-order valence-electron chi connectivity index (χ0n) is 15.4. The van der Waals surface area contributed by atoms with Crippen LogP contribution in [0.15, 0.2) is 78.9 Å². The lowest BCUT2D eigenvalue weighted by Gasteiger charge is -2.12. The summed E-state index contributed by atoms with van der Waals surface area (Å²) in [6.07, 6.45) is 0. The quantitative estimate of drug-likeness (QED) is 0.649. The molecule has 4 heteroatoms. The van der Waals surface area contributed by atoms with Gasteiger partial charge in [0.1, 0.15) is 5.75 Å². The highest BCUT2D eigenvalue weighted by Crippen LogP contribution is 2.21. The van der Waals surface area contributed by atoms with Crippen molar-refractivity contribution < 1.29 is 14.3 Å². The second-order valence-electron chi connectivity index (χ2n) is 6.17. The van der Waals surface area contributed by atoms with Crippen molar-refractivity contribution in [1.29, 1.82) is 0 Å². The van der Waals surface area contributed by atoms with Gasteiger partial charge in [-0.25, -0.2) is 0 Å². The van der Waals surface area contributed by atoms with Crippen molar-refractivity contribution in [2.24, 2.45) is 0 Å². The Morgan fingerprint density at radius 3 is 2.19 bits per heavy atom. The van der Waals surface area contributed by atoms with E-state index in [1.165, 1.54) is 0 Å². The predicted molar refractivity (Wildman–Crippen MR) is 106 cm³/mol. The maximum Gasteiger partial charge on any atom is 0.251 e. The first kappa shape index (κ1) is 18.7. The highest BCUT2D eigenvalue weighted by molar-refractivity contribution is 5.94. The molecular weight excluding hydrogens is 338 g/mol. The molecule has 0 aromatic heterocycles. The lowest BCUT2D eigenvalue weighted by atomic mass is 10.1. The molecule has 0 heterocycles. The van der Waals surface area contributed by atoms with Gasteiger partial charge in [-0.15, -0.1) is 0 Å². The Kier molecular flexibility index (Phi) is 6.61. The Hall–Kier alpha value is -3.11. The molecule has 1 amide bonds. The van der Waals surface area contributed by atoms with Crippen LogP contribution in [0, 0.1) is 0 Å². The third kappa shape index (κ3) is 5.43. The smallest absolute Gasteiger partial charge is 0.251 e. The molecule has 138 valence electrons. The highest BCUT2D eigenvalue weighted by atomic mass is 16.5. The fraction of sp³-hybridized carbons (Fsp3) is 0.174. The zero-order chi connectivity index (χ0) is 18.9. The van der Waals surface area contributed by atoms with E-state index in [1.807, 2.05) is 66.7 Å². The molecule has 3 aromatic carbocycles. The second kappa shape index (κ2) is 9.55. The monoisotopic (exact) mass is 361 g/mol. The van der Waals surface area contributed by atoms with Crippen LogP contribution in [0.1, 0.15) is 27.0 Å². The van der Waals surface area contributed by atoms with E-state index in [4.69, 9.17) is 9.47 Å². The van der Waals surface area contributed by atoms with Crippen LogP contribution in [0.5, 0.6) is 5.75 Å². The third-order valence-electron chi connectivity index (χ3n) is 4.21. The van der Waals surface area contributed by atoms with Crippen LogP contribution >= 0.6 is 0 Å². The van der Waals surface area contributed by atoms with Gasteiger partial charge in [-0.2, -0.15) is 0 Å². The van der Waals surface area contributed by atoms with E-state index in [-0.39, 0.29) is 5.91 Å². The van der Waals surface area contributed by atoms with Crippen LogP contribution in [0.3, 0.4) is 0 Å². The third-order valence-corrected chi connectivity index (χ3v) is 4.21. The molecule has 27 heavy (non-hydrogen) atoms. The molecule has 0 saturated heterocycles. The van der Waals surface area contributed by atoms with Gasteiger partial charge in [-0.1, -0.05) is 60.7 Å². The van der Waals surface area contributed by atoms with E-state index in [9.17, 15) is 4.79 Å². The molecule has 0 saturated carbocycles. The summed E-state index contributed by atoms with van der Waals surface area (Å²) in [5, 5.41) is 2.94. The fourth-order valence-corrected chi connectivity index (χ4v) is 2.77. The van der Waals surface area contributed by atoms with Gasteiger partial charge < -0.3 is 14.8 Å². The molecule has 4 nitrogen and oxygen atoms in total. The summed E-state index contributed by atoms with van der Waals surface area (Å²) in [5.41, 5.74) is 3.60. The van der Waals surface area contributed by atoms with Gasteiger partial charge >= 0.3 is 0 Å². The number of carbonyl (C=O) groups is 1. The van der Waals surface area contributed by atoms with Crippen LogP contribution in [0.25, 0.3) is 0 Å². The number of ether oxygens (including phenoxy) is 2. The van der Waals surface area contributed by atoms with Crippen molar-refractivity contribution in [3.05, 3.63) is 101 Å². The first-order chi connectivity index (χ1) is 13.3. The zero-order valence-corrected chi connectivity index (χ0v) is 15.4. The van der Waals surface area contributed by atoms with E-state index in [2.05, 4.69) is 5.32 Å². The molecule has 0 aliphatic heterocycles. The SMILES string of the molecule is COc1ccc(C(=O)NCc2ccccc2)cc1COCc1ccccc1. The number of methoxy groups -OCH3 is 1. The number of benzene rings is 3. The summed E-state index contributed by atoms with van der Waals surface area (Å²) in [5.74, 6) is 0.591. The normalized spacial score (nSPS) is 10.4. The highest BCUT2D eigenvalue weighted by Gasteiger charge is 2.10. The van der Waals surface area contributed by atoms with E-state index in [0.29, 0.717) is 31.1 Å². The average molecular weight is 361 g/mol. The molecule has 0 spiro atoms. The Morgan fingerprint density at radius 2 is 1.52 bits per heavy atom. The van der Waals surface area contributed by atoms with Gasteiger partial charge in [-0.3, -0.25) is 4.79 Å². The molecule has 1 N–H and O–H groups in total. The maximum absolute atomic E-state index is 12.5. The maximum atomic E-state index is 12.5. The summed E-state index contributed by atoms with van der Waals surface area (Å²) in [7, 11) is 1.62. The van der Waals surface area contributed by atoms with Crippen molar-refractivity contribution in [2.75, 3.05) is 7.11 Å². The van der Waals surface area contributed by atoms with Crippen molar-refractivity contribution in [3.63, 3.8) is 0 Å². The number of hydrogen-bond donors (Lipinski definition) is 1. The number of hydrogen-bond acceptors (Lipinski definition) is 3. The summed E-state index contributed by atoms with van der Waals surface area (Å²) < 4.78 is 11.2. The molecule has 3 rings (SSSR count). The van der Waals surface area contributed by atoms with Crippen molar-refractivity contribution >= 4 is 5.91 Å². The van der Waals surface area contributed by atoms with E-state index in [0.717, 1.165) is 16.7 Å². The van der Waals surface area contributed by atoms with E-state index in [1.54, 1.807) is 19.2 Å². The van der Waals surface area contributed by atoms with Crippen LogP contribution in [-0.4, -0.2) is 13.0 Å². The predicted octanol–water partition coefficient (Wildman–Crippen LogP) is 4.34. The fourth-order valence-electron chi connectivity index (χ4n) is 2.77. The van der Waals surface area contributed by atoms with Gasteiger partial charge in [0.05, 0.1) is 20.3 Å². The van der Waals surface area contributed by atoms with E-state index < -0.39 is 0 Å². The van der Waals surface area contributed by atoms with Gasteiger partial charge in [-0.05, 0) is 29.3 Å². The number of rotatable bonds is 8. The van der Waals surface area contributed by atoms with Crippen LogP contribution in [-0.2, 0) is 24.5 Å². The summed E-state index contributed by atoms with van der Waals surface area (Å²) in [6.45, 7) is 1.37. The average Bonchev–Trinajstić information content (AvgIpc) is 2.73. The van der Waals surface area contributed by atoms with Crippen molar-refractivity contribution in [3.8, 4) is 5.75 Å². The number of nitrogens with one attached hydrogen (secondary N) is 1. The Morgan fingerprint density at radius 1 is 0.852 bits per heavy atom. The molecule has 0 atom stereocenters. The molecule has 3 aromatic rings. The van der Waals surface area contributed by atoms with Crippen LogP contribution in [0.4, 0.5) is 0 Å². The summed E-state index contributed by atoms with van der Waals surface area (Å²) in [6, 6.07) is 25.2. The molecule has 0 radical (unpaired) electrons. The number of amides is 1. The Bertz CT molecular complexity index is 863. The molecular formula is C23H23NO3. The lowest BCUT2D eigenvalue weighted by Crippen LogP contribution is -2.22. The minimum Gasteiger partial charge on any atom is -0.496 e.